The molecule has 0 heterocycles. The average molecular weight is 179 g/mol. The fraction of sp³-hybridized carbons (Fsp3) is 0.714. The number of methoxy groups -OCH3 is 1. The van der Waals surface area contributed by atoms with Crippen molar-refractivity contribution in [1.82, 2.24) is 0 Å². The van der Waals surface area contributed by atoms with Crippen molar-refractivity contribution >= 4 is 23.4 Å². The number of halogens is 1. The zero-order chi connectivity index (χ0) is 8.69. The summed E-state index contributed by atoms with van der Waals surface area (Å²) in [6.07, 6.45) is 0.726. The van der Waals surface area contributed by atoms with Crippen LogP contribution in [-0.2, 0) is 14.3 Å². The quantitative estimate of drug-likeness (QED) is 0.469. The van der Waals surface area contributed by atoms with Gasteiger partial charge in [-0.05, 0) is 0 Å². The first-order chi connectivity index (χ1) is 5.20. The number of carbonyl (C=O) groups is 2. The van der Waals surface area contributed by atoms with E-state index in [4.69, 9.17) is 11.6 Å². The maximum atomic E-state index is 10.8. The number of alkyl halides is 1. The molecule has 0 fully saturated rings. The van der Waals surface area contributed by atoms with Gasteiger partial charge in [-0.3, -0.25) is 9.59 Å². The molecule has 0 saturated heterocycles. The number of Topliss-reactive ketones (excluding diaryl/α,β-unsaturated/α-hetero) is 1. The summed E-state index contributed by atoms with van der Waals surface area (Å²) in [7, 11) is 1.30. The van der Waals surface area contributed by atoms with Crippen molar-refractivity contribution in [2.24, 2.45) is 0 Å². The molecule has 0 aromatic heterocycles. The molecule has 0 aromatic carbocycles. The van der Waals surface area contributed by atoms with Crippen LogP contribution in [0.5, 0.6) is 0 Å². The Morgan fingerprint density at radius 1 is 1.27 bits per heavy atom. The lowest BCUT2D eigenvalue weighted by atomic mass is 10.2. The lowest BCUT2D eigenvalue weighted by molar-refractivity contribution is -0.141. The summed E-state index contributed by atoms with van der Waals surface area (Å²) in [5, 5.41) is 0. The number of hydrogen-bond acceptors (Lipinski definition) is 3. The molecule has 0 aromatic rings. The van der Waals surface area contributed by atoms with E-state index in [0.29, 0.717) is 12.3 Å². The van der Waals surface area contributed by atoms with E-state index in [0.717, 1.165) is 0 Å². The maximum absolute atomic E-state index is 10.8. The Kier molecular flexibility index (Phi) is 5.84. The van der Waals surface area contributed by atoms with Crippen LogP contribution in [0, 0.1) is 0 Å². The molecule has 0 amide bonds. The van der Waals surface area contributed by atoms with Crippen LogP contribution < -0.4 is 0 Å². The highest BCUT2D eigenvalue weighted by Crippen LogP contribution is 1.97. The Labute approximate surface area is 70.7 Å². The van der Waals surface area contributed by atoms with Gasteiger partial charge in [0.15, 0.2) is 0 Å². The standard InChI is InChI=1S/C7H11ClO3/c1-11-7(10)3-2-6(9)4-5-8/h2-5H2,1H3. The molecule has 64 valence electrons. The summed E-state index contributed by atoms with van der Waals surface area (Å²) < 4.78 is 4.35. The first kappa shape index (κ1) is 10.4. The molecule has 0 bridgehead atoms. The van der Waals surface area contributed by atoms with Crippen molar-refractivity contribution in [3.63, 3.8) is 0 Å². The maximum Gasteiger partial charge on any atom is 0.305 e. The molecule has 0 N–H and O–H groups in total. The van der Waals surface area contributed by atoms with Gasteiger partial charge in [-0.25, -0.2) is 0 Å². The van der Waals surface area contributed by atoms with E-state index in [1.165, 1.54) is 7.11 Å². The molecule has 0 radical (unpaired) electrons. The normalized spacial score (nSPS) is 9.27. The van der Waals surface area contributed by atoms with Crippen molar-refractivity contribution in [2.75, 3.05) is 13.0 Å². The molecule has 0 saturated carbocycles. The second kappa shape index (κ2) is 6.16. The van der Waals surface area contributed by atoms with E-state index in [1.807, 2.05) is 0 Å². The van der Waals surface area contributed by atoms with Gasteiger partial charge in [0.25, 0.3) is 0 Å². The summed E-state index contributed by atoms with van der Waals surface area (Å²) in [6, 6.07) is 0. The van der Waals surface area contributed by atoms with Crippen LogP contribution in [-0.4, -0.2) is 24.7 Å². The van der Waals surface area contributed by atoms with E-state index in [1.54, 1.807) is 0 Å². The van der Waals surface area contributed by atoms with Crippen molar-refractivity contribution in [2.45, 2.75) is 19.3 Å². The van der Waals surface area contributed by atoms with Gasteiger partial charge in [0.1, 0.15) is 5.78 Å². The van der Waals surface area contributed by atoms with Crippen LogP contribution in [0.2, 0.25) is 0 Å². The number of ketones is 1. The van der Waals surface area contributed by atoms with E-state index >= 15 is 0 Å². The molecule has 0 rings (SSSR count). The van der Waals surface area contributed by atoms with Gasteiger partial charge >= 0.3 is 5.97 Å². The number of rotatable bonds is 5. The Morgan fingerprint density at radius 3 is 2.36 bits per heavy atom. The smallest absolute Gasteiger partial charge is 0.305 e. The minimum absolute atomic E-state index is 0.00500. The second-order valence-electron chi connectivity index (χ2n) is 2.05. The minimum atomic E-state index is -0.354. The number of ether oxygens (including phenoxy) is 1. The average Bonchev–Trinajstić information content (AvgIpc) is 2.01. The van der Waals surface area contributed by atoms with Crippen LogP contribution >= 0.6 is 11.6 Å². The Morgan fingerprint density at radius 2 is 1.91 bits per heavy atom. The molecular formula is C7H11ClO3. The molecule has 4 heteroatoms. The topological polar surface area (TPSA) is 43.4 Å². The van der Waals surface area contributed by atoms with Crippen LogP contribution in [0.15, 0.2) is 0 Å². The zero-order valence-electron chi connectivity index (χ0n) is 6.43. The third kappa shape index (κ3) is 5.85. The van der Waals surface area contributed by atoms with Gasteiger partial charge < -0.3 is 4.74 Å². The summed E-state index contributed by atoms with van der Waals surface area (Å²) in [6.45, 7) is 0. The van der Waals surface area contributed by atoms with E-state index in [2.05, 4.69) is 4.74 Å². The Balaban J connectivity index is 3.38. The molecule has 0 aliphatic carbocycles. The Bertz CT molecular complexity index is 145. The molecule has 0 spiro atoms. The van der Waals surface area contributed by atoms with Gasteiger partial charge in [-0.1, -0.05) is 0 Å². The third-order valence-electron chi connectivity index (χ3n) is 1.21. The first-order valence-corrected chi connectivity index (χ1v) is 3.88. The highest BCUT2D eigenvalue weighted by atomic mass is 35.5. The van der Waals surface area contributed by atoms with E-state index < -0.39 is 0 Å². The number of hydrogen-bond donors (Lipinski definition) is 0. The monoisotopic (exact) mass is 178 g/mol. The SMILES string of the molecule is COC(=O)CCC(=O)CCCl. The van der Waals surface area contributed by atoms with Gasteiger partial charge in [0.05, 0.1) is 13.5 Å². The Hall–Kier alpha value is -0.570. The number of esters is 1. The first-order valence-electron chi connectivity index (χ1n) is 3.35. The lowest BCUT2D eigenvalue weighted by Crippen LogP contribution is -2.05. The van der Waals surface area contributed by atoms with E-state index in [-0.39, 0.29) is 24.6 Å². The highest BCUT2D eigenvalue weighted by molar-refractivity contribution is 6.19. The molecule has 3 nitrogen and oxygen atoms in total. The predicted molar refractivity (Wildman–Crippen MR) is 41.6 cm³/mol. The number of carbonyl (C=O) groups excluding carboxylic acids is 2. The zero-order valence-corrected chi connectivity index (χ0v) is 7.19. The van der Waals surface area contributed by atoms with Gasteiger partial charge in [-0.2, -0.15) is 0 Å². The van der Waals surface area contributed by atoms with Crippen molar-refractivity contribution in [3.8, 4) is 0 Å². The van der Waals surface area contributed by atoms with Crippen LogP contribution in [0.1, 0.15) is 19.3 Å². The minimum Gasteiger partial charge on any atom is -0.469 e. The van der Waals surface area contributed by atoms with Crippen molar-refractivity contribution in [1.29, 1.82) is 0 Å². The summed E-state index contributed by atoms with van der Waals surface area (Å²) in [4.78, 5) is 21.3. The molecule has 11 heavy (non-hydrogen) atoms. The van der Waals surface area contributed by atoms with Crippen LogP contribution in [0.4, 0.5) is 0 Å². The lowest BCUT2D eigenvalue weighted by Gasteiger charge is -1.96. The fourth-order valence-corrected chi connectivity index (χ4v) is 0.785. The highest BCUT2D eigenvalue weighted by Gasteiger charge is 2.05. The third-order valence-corrected chi connectivity index (χ3v) is 1.40. The molecule has 0 aliphatic heterocycles. The van der Waals surface area contributed by atoms with Gasteiger partial charge in [0.2, 0.25) is 0 Å². The molecule has 0 atom stereocenters. The molecule has 0 aliphatic rings. The van der Waals surface area contributed by atoms with Crippen LogP contribution in [0.3, 0.4) is 0 Å². The van der Waals surface area contributed by atoms with Crippen molar-refractivity contribution < 1.29 is 14.3 Å². The van der Waals surface area contributed by atoms with Gasteiger partial charge in [0, 0.05) is 18.7 Å². The predicted octanol–water partition coefficient (Wildman–Crippen LogP) is 1.14. The van der Waals surface area contributed by atoms with Crippen molar-refractivity contribution in [3.05, 3.63) is 0 Å². The second-order valence-corrected chi connectivity index (χ2v) is 2.43. The summed E-state index contributed by atoms with van der Waals surface area (Å²) in [5.74, 6) is -0.0293. The van der Waals surface area contributed by atoms with Gasteiger partial charge in [-0.15, -0.1) is 11.6 Å². The molecule has 0 unspecified atom stereocenters. The van der Waals surface area contributed by atoms with Crippen LogP contribution in [0.25, 0.3) is 0 Å². The summed E-state index contributed by atoms with van der Waals surface area (Å²) >= 11 is 5.31. The molecular weight excluding hydrogens is 168 g/mol. The van der Waals surface area contributed by atoms with E-state index in [9.17, 15) is 9.59 Å². The summed E-state index contributed by atoms with van der Waals surface area (Å²) in [5.41, 5.74) is 0. The fourth-order valence-electron chi connectivity index (χ4n) is 0.574. The largest absolute Gasteiger partial charge is 0.469 e.